The van der Waals surface area contributed by atoms with Gasteiger partial charge in [0.15, 0.2) is 9.84 Å². The molecule has 148 valence electrons. The Kier molecular flexibility index (Phi) is 7.78. The zero-order valence-electron chi connectivity index (χ0n) is 15.8. The highest BCUT2D eigenvalue weighted by Crippen LogP contribution is 2.35. The summed E-state index contributed by atoms with van der Waals surface area (Å²) in [6.45, 7) is 3.52. The van der Waals surface area contributed by atoms with Gasteiger partial charge < -0.3 is 5.32 Å². The van der Waals surface area contributed by atoms with Crippen molar-refractivity contribution in [1.82, 2.24) is 5.32 Å². The van der Waals surface area contributed by atoms with Crippen molar-refractivity contribution in [2.75, 3.05) is 6.54 Å². The van der Waals surface area contributed by atoms with E-state index >= 15 is 0 Å². The van der Waals surface area contributed by atoms with Crippen LogP contribution < -0.4 is 5.32 Å². The Morgan fingerprint density at radius 1 is 1.07 bits per heavy atom. The van der Waals surface area contributed by atoms with E-state index in [1.807, 2.05) is 26.0 Å². The van der Waals surface area contributed by atoms with E-state index in [-0.39, 0.29) is 18.9 Å². The van der Waals surface area contributed by atoms with E-state index < -0.39 is 26.2 Å². The molecule has 1 N–H and O–H groups in total. The van der Waals surface area contributed by atoms with Crippen molar-refractivity contribution in [2.24, 2.45) is 5.92 Å². The predicted molar refractivity (Wildman–Crippen MR) is 113 cm³/mol. The van der Waals surface area contributed by atoms with Gasteiger partial charge in [-0.3, -0.25) is 4.79 Å². The number of benzene rings is 2. The van der Waals surface area contributed by atoms with E-state index in [0.717, 1.165) is 4.47 Å². The highest BCUT2D eigenvalue weighted by atomic mass is 79.9. The molecule has 0 bridgehead atoms. The molecule has 0 aliphatic heterocycles. The molecule has 2 aromatic rings. The van der Waals surface area contributed by atoms with Crippen molar-refractivity contribution >= 4 is 31.7 Å². The lowest BCUT2D eigenvalue weighted by atomic mass is 10.0. The number of carbonyl (C=O) groups excluding carboxylic acids is 1. The summed E-state index contributed by atoms with van der Waals surface area (Å²) < 4.78 is 28.2. The fourth-order valence-electron chi connectivity index (χ4n) is 3.06. The van der Waals surface area contributed by atoms with E-state index in [1.54, 1.807) is 48.5 Å². The van der Waals surface area contributed by atoms with Crippen LogP contribution in [0.3, 0.4) is 0 Å². The number of nitrogens with zero attached hydrogens (tertiary/aromatic N) is 1. The van der Waals surface area contributed by atoms with Crippen LogP contribution in [-0.4, -0.2) is 26.1 Å². The number of hydrogen-bond donors (Lipinski definition) is 1. The lowest BCUT2D eigenvalue weighted by Crippen LogP contribution is -2.43. The first kappa shape index (κ1) is 22.1. The van der Waals surface area contributed by atoms with Gasteiger partial charge in [0, 0.05) is 4.47 Å². The molecular formula is C21H23BrN2O3S. The maximum absolute atomic E-state index is 13.7. The second kappa shape index (κ2) is 9.85. The third-order valence-electron chi connectivity index (χ3n) is 4.32. The van der Waals surface area contributed by atoms with E-state index in [9.17, 15) is 13.2 Å². The Labute approximate surface area is 174 Å². The van der Waals surface area contributed by atoms with Crippen LogP contribution >= 0.6 is 15.9 Å². The smallest absolute Gasteiger partial charge is 0.239 e. The van der Waals surface area contributed by atoms with Gasteiger partial charge in [0.1, 0.15) is 17.0 Å². The van der Waals surface area contributed by atoms with E-state index in [0.29, 0.717) is 11.1 Å². The largest absolute Gasteiger partial charge is 0.342 e. The second-order valence-corrected chi connectivity index (χ2v) is 10.1. The van der Waals surface area contributed by atoms with Crippen molar-refractivity contribution in [2.45, 2.75) is 30.8 Å². The molecule has 0 aliphatic carbocycles. The van der Waals surface area contributed by atoms with Crippen LogP contribution in [0.25, 0.3) is 0 Å². The molecule has 0 saturated heterocycles. The molecule has 0 radical (unpaired) electrons. The lowest BCUT2D eigenvalue weighted by molar-refractivity contribution is -0.120. The molecule has 0 aromatic heterocycles. The first-order valence-electron chi connectivity index (χ1n) is 8.95. The molecule has 7 heteroatoms. The number of nitrogens with one attached hydrogen (secondary N) is 1. The molecule has 1 amide bonds. The topological polar surface area (TPSA) is 87.0 Å². The molecule has 2 aromatic carbocycles. The summed E-state index contributed by atoms with van der Waals surface area (Å²) in [5, 5.41) is 8.96. The molecule has 0 heterocycles. The first-order chi connectivity index (χ1) is 13.3. The van der Waals surface area contributed by atoms with Crippen molar-refractivity contribution in [3.05, 3.63) is 70.2 Å². The average molecular weight is 463 g/mol. The SMILES string of the molecule is CC(C)CC(C(=O)NCC#N)S(=O)(=O)C(c1ccccc1)c1ccc(Br)cc1. The van der Waals surface area contributed by atoms with Gasteiger partial charge in [-0.1, -0.05) is 72.2 Å². The van der Waals surface area contributed by atoms with Crippen LogP contribution in [0.15, 0.2) is 59.1 Å². The van der Waals surface area contributed by atoms with Crippen LogP contribution in [0.2, 0.25) is 0 Å². The summed E-state index contributed by atoms with van der Waals surface area (Å²) in [5.74, 6) is -0.637. The normalized spacial score (nSPS) is 13.5. The number of sulfone groups is 1. The van der Waals surface area contributed by atoms with E-state index in [4.69, 9.17) is 5.26 Å². The van der Waals surface area contributed by atoms with Crippen LogP contribution in [-0.2, 0) is 14.6 Å². The molecule has 2 rings (SSSR count). The van der Waals surface area contributed by atoms with Crippen molar-refractivity contribution in [3.63, 3.8) is 0 Å². The Morgan fingerprint density at radius 3 is 2.18 bits per heavy atom. The number of carbonyl (C=O) groups is 1. The van der Waals surface area contributed by atoms with Gasteiger partial charge in [-0.2, -0.15) is 5.26 Å². The van der Waals surface area contributed by atoms with Crippen LogP contribution in [0.4, 0.5) is 0 Å². The number of amides is 1. The number of halogens is 1. The molecule has 0 fully saturated rings. The maximum atomic E-state index is 13.7. The zero-order chi connectivity index (χ0) is 20.7. The van der Waals surface area contributed by atoms with E-state index in [1.165, 1.54) is 0 Å². The maximum Gasteiger partial charge on any atom is 0.239 e. The summed E-state index contributed by atoms with van der Waals surface area (Å²) in [6, 6.07) is 17.8. The fourth-order valence-corrected chi connectivity index (χ4v) is 5.76. The lowest BCUT2D eigenvalue weighted by Gasteiger charge is -2.25. The van der Waals surface area contributed by atoms with Gasteiger partial charge in [-0.05, 0) is 35.6 Å². The summed E-state index contributed by atoms with van der Waals surface area (Å²) in [7, 11) is -3.94. The van der Waals surface area contributed by atoms with Crippen LogP contribution in [0.5, 0.6) is 0 Å². The first-order valence-corrected chi connectivity index (χ1v) is 11.4. The van der Waals surface area contributed by atoms with Gasteiger partial charge in [0.25, 0.3) is 0 Å². The Balaban J connectivity index is 2.58. The van der Waals surface area contributed by atoms with Gasteiger partial charge in [0.05, 0.1) is 6.07 Å². The Hall–Kier alpha value is -2.17. The Morgan fingerprint density at radius 2 is 1.64 bits per heavy atom. The highest BCUT2D eigenvalue weighted by Gasteiger charge is 2.40. The monoisotopic (exact) mass is 462 g/mol. The number of nitriles is 1. The van der Waals surface area contributed by atoms with Crippen molar-refractivity contribution in [3.8, 4) is 6.07 Å². The fraction of sp³-hybridized carbons (Fsp3) is 0.333. The molecule has 5 nitrogen and oxygen atoms in total. The van der Waals surface area contributed by atoms with Crippen LogP contribution in [0, 0.1) is 17.2 Å². The quantitative estimate of drug-likeness (QED) is 0.600. The minimum absolute atomic E-state index is 0.00560. The number of rotatable bonds is 8. The van der Waals surface area contributed by atoms with Crippen LogP contribution in [0.1, 0.15) is 36.6 Å². The zero-order valence-corrected chi connectivity index (χ0v) is 18.2. The average Bonchev–Trinajstić information content (AvgIpc) is 2.66. The highest BCUT2D eigenvalue weighted by molar-refractivity contribution is 9.10. The predicted octanol–water partition coefficient (Wildman–Crippen LogP) is 4.01. The molecule has 28 heavy (non-hydrogen) atoms. The summed E-state index contributed by atoms with van der Waals surface area (Å²) in [5.41, 5.74) is 1.20. The van der Waals surface area contributed by atoms with Gasteiger partial charge in [-0.25, -0.2) is 8.42 Å². The molecule has 0 saturated carbocycles. The standard InChI is InChI=1S/C21H23BrN2O3S/c1-15(2)14-19(21(25)24-13-12-23)28(26,27)20(16-6-4-3-5-7-16)17-8-10-18(22)11-9-17/h3-11,15,19-20H,13-14H2,1-2H3,(H,24,25). The molecule has 0 aliphatic rings. The summed E-state index contributed by atoms with van der Waals surface area (Å²) in [4.78, 5) is 12.7. The molecule has 0 spiro atoms. The van der Waals surface area contributed by atoms with Gasteiger partial charge in [-0.15, -0.1) is 0 Å². The summed E-state index contributed by atoms with van der Waals surface area (Å²) in [6.07, 6.45) is 0.180. The molecule has 2 atom stereocenters. The van der Waals surface area contributed by atoms with Gasteiger partial charge >= 0.3 is 0 Å². The molecule has 2 unspecified atom stereocenters. The molecular weight excluding hydrogens is 440 g/mol. The second-order valence-electron chi connectivity index (χ2n) is 6.93. The van der Waals surface area contributed by atoms with Crippen molar-refractivity contribution < 1.29 is 13.2 Å². The van der Waals surface area contributed by atoms with Gasteiger partial charge in [0.2, 0.25) is 5.91 Å². The summed E-state index contributed by atoms with van der Waals surface area (Å²) >= 11 is 3.37. The minimum Gasteiger partial charge on any atom is -0.342 e. The minimum atomic E-state index is -3.94. The Bertz CT molecular complexity index is 936. The third kappa shape index (κ3) is 5.43. The third-order valence-corrected chi connectivity index (χ3v) is 7.25. The van der Waals surface area contributed by atoms with E-state index in [2.05, 4.69) is 21.2 Å². The van der Waals surface area contributed by atoms with Crippen molar-refractivity contribution in [1.29, 1.82) is 5.26 Å². The number of hydrogen-bond acceptors (Lipinski definition) is 4.